The number of hydrogen-bond acceptors (Lipinski definition) is 2. The Balaban J connectivity index is 2.26. The molecule has 0 radical (unpaired) electrons. The molecule has 0 aromatic carbocycles. The highest BCUT2D eigenvalue weighted by atomic mass is 16.4. The first-order valence-corrected chi connectivity index (χ1v) is 7.83. The van der Waals surface area contributed by atoms with Gasteiger partial charge in [0.15, 0.2) is 0 Å². The van der Waals surface area contributed by atoms with Gasteiger partial charge in [-0.2, -0.15) is 0 Å². The van der Waals surface area contributed by atoms with Crippen molar-refractivity contribution >= 4 is 5.97 Å². The molecule has 0 bridgehead atoms. The van der Waals surface area contributed by atoms with Crippen LogP contribution >= 0.6 is 0 Å². The lowest BCUT2D eigenvalue weighted by molar-refractivity contribution is -0.141. The molecule has 0 aromatic heterocycles. The summed E-state index contributed by atoms with van der Waals surface area (Å²) in [6.45, 7) is 9.04. The molecule has 2 fully saturated rings. The van der Waals surface area contributed by atoms with Crippen LogP contribution in [0.3, 0.4) is 0 Å². The zero-order chi connectivity index (χ0) is 14.1. The molecule has 2 atom stereocenters. The molecule has 2 rings (SSSR count). The summed E-state index contributed by atoms with van der Waals surface area (Å²) in [6, 6.07) is 0. The topological polar surface area (TPSA) is 40.5 Å². The largest absolute Gasteiger partial charge is 0.481 e. The van der Waals surface area contributed by atoms with Gasteiger partial charge in [-0.05, 0) is 50.1 Å². The van der Waals surface area contributed by atoms with Gasteiger partial charge in [0, 0.05) is 5.54 Å². The van der Waals surface area contributed by atoms with E-state index in [9.17, 15) is 9.90 Å². The number of carboxylic acids is 1. The van der Waals surface area contributed by atoms with Crippen LogP contribution in [-0.4, -0.2) is 34.6 Å². The summed E-state index contributed by atoms with van der Waals surface area (Å²) < 4.78 is 0. The van der Waals surface area contributed by atoms with Crippen LogP contribution in [0, 0.1) is 11.3 Å². The lowest BCUT2D eigenvalue weighted by Crippen LogP contribution is -2.52. The molecule has 1 aliphatic carbocycles. The Labute approximate surface area is 117 Å². The SMILES string of the molecule is CC1CC(C)(C)CC1(CC(=O)O)N1CCCCCC1. The fourth-order valence-corrected chi connectivity index (χ4v) is 4.64. The van der Waals surface area contributed by atoms with Crippen LogP contribution in [0.4, 0.5) is 0 Å². The lowest BCUT2D eigenvalue weighted by atomic mass is 9.81. The molecule has 2 unspecified atom stereocenters. The minimum absolute atomic E-state index is 0.0975. The van der Waals surface area contributed by atoms with Crippen molar-refractivity contribution < 1.29 is 9.90 Å². The minimum atomic E-state index is -0.631. The van der Waals surface area contributed by atoms with Crippen molar-refractivity contribution in [2.45, 2.75) is 71.3 Å². The van der Waals surface area contributed by atoms with Crippen molar-refractivity contribution in [2.75, 3.05) is 13.1 Å². The van der Waals surface area contributed by atoms with Crippen molar-refractivity contribution in [3.05, 3.63) is 0 Å². The van der Waals surface area contributed by atoms with E-state index in [0.29, 0.717) is 12.3 Å². The van der Waals surface area contributed by atoms with Gasteiger partial charge in [0.05, 0.1) is 6.42 Å². The first kappa shape index (κ1) is 14.8. The van der Waals surface area contributed by atoms with Gasteiger partial charge in [0.25, 0.3) is 0 Å². The van der Waals surface area contributed by atoms with Gasteiger partial charge in [-0.15, -0.1) is 0 Å². The number of carboxylic acid groups (broad SMARTS) is 1. The van der Waals surface area contributed by atoms with Crippen molar-refractivity contribution in [3.63, 3.8) is 0 Å². The van der Waals surface area contributed by atoms with E-state index in [4.69, 9.17) is 0 Å². The maximum absolute atomic E-state index is 11.4. The van der Waals surface area contributed by atoms with Crippen LogP contribution in [0.1, 0.15) is 65.7 Å². The smallest absolute Gasteiger partial charge is 0.305 e. The lowest BCUT2D eigenvalue weighted by Gasteiger charge is -2.44. The van der Waals surface area contributed by atoms with Gasteiger partial charge in [-0.1, -0.05) is 33.6 Å². The van der Waals surface area contributed by atoms with Crippen LogP contribution in [0.5, 0.6) is 0 Å². The molecule has 19 heavy (non-hydrogen) atoms. The van der Waals surface area contributed by atoms with Crippen LogP contribution in [0.2, 0.25) is 0 Å². The van der Waals surface area contributed by atoms with E-state index in [0.717, 1.165) is 25.9 Å². The summed E-state index contributed by atoms with van der Waals surface area (Å²) in [5.41, 5.74) is 0.181. The molecule has 0 aromatic rings. The van der Waals surface area contributed by atoms with Gasteiger partial charge < -0.3 is 5.11 Å². The molecule has 1 saturated heterocycles. The number of rotatable bonds is 3. The van der Waals surface area contributed by atoms with Crippen LogP contribution < -0.4 is 0 Å². The predicted octanol–water partition coefficient (Wildman–Crippen LogP) is 3.53. The summed E-state index contributed by atoms with van der Waals surface area (Å²) in [5, 5.41) is 9.40. The normalized spacial score (nSPS) is 36.1. The first-order chi connectivity index (χ1) is 8.86. The van der Waals surface area contributed by atoms with Crippen molar-refractivity contribution in [1.29, 1.82) is 0 Å². The molecule has 0 spiro atoms. The molecule has 1 saturated carbocycles. The zero-order valence-electron chi connectivity index (χ0n) is 12.7. The molecule has 2 aliphatic rings. The van der Waals surface area contributed by atoms with Crippen LogP contribution in [0.25, 0.3) is 0 Å². The third-order valence-corrected chi connectivity index (χ3v) is 5.25. The van der Waals surface area contributed by atoms with Crippen LogP contribution in [-0.2, 0) is 4.79 Å². The number of aliphatic carboxylic acids is 1. The van der Waals surface area contributed by atoms with E-state index >= 15 is 0 Å². The van der Waals surface area contributed by atoms with Gasteiger partial charge >= 0.3 is 5.97 Å². The van der Waals surface area contributed by atoms with Crippen molar-refractivity contribution in [2.24, 2.45) is 11.3 Å². The third-order valence-electron chi connectivity index (χ3n) is 5.25. The average Bonchev–Trinajstić information content (AvgIpc) is 2.48. The standard InChI is InChI=1S/C16H29NO2/c1-13-10-15(2,3)12-16(13,11-14(18)19)17-8-6-4-5-7-9-17/h13H,4-12H2,1-3H3,(H,18,19). The monoisotopic (exact) mass is 267 g/mol. The second-order valence-electron chi connectivity index (χ2n) is 7.52. The summed E-state index contributed by atoms with van der Waals surface area (Å²) in [6.07, 6.45) is 7.57. The number of nitrogens with zero attached hydrogens (tertiary/aromatic N) is 1. The number of likely N-dealkylation sites (tertiary alicyclic amines) is 1. The molecule has 0 amide bonds. The summed E-state index contributed by atoms with van der Waals surface area (Å²) in [5.74, 6) is -0.148. The summed E-state index contributed by atoms with van der Waals surface area (Å²) in [7, 11) is 0. The molecule has 110 valence electrons. The van der Waals surface area contributed by atoms with Crippen LogP contribution in [0.15, 0.2) is 0 Å². The second kappa shape index (κ2) is 5.43. The molecule has 1 aliphatic heterocycles. The van der Waals surface area contributed by atoms with E-state index in [1.54, 1.807) is 0 Å². The van der Waals surface area contributed by atoms with Gasteiger partial charge in [-0.3, -0.25) is 9.69 Å². The second-order valence-corrected chi connectivity index (χ2v) is 7.52. The first-order valence-electron chi connectivity index (χ1n) is 7.83. The fourth-order valence-electron chi connectivity index (χ4n) is 4.64. The van der Waals surface area contributed by atoms with E-state index in [2.05, 4.69) is 25.7 Å². The average molecular weight is 267 g/mol. The van der Waals surface area contributed by atoms with Gasteiger partial charge in [-0.25, -0.2) is 0 Å². The van der Waals surface area contributed by atoms with Crippen molar-refractivity contribution in [1.82, 2.24) is 4.90 Å². The summed E-state index contributed by atoms with van der Waals surface area (Å²) >= 11 is 0. The molecule has 3 nitrogen and oxygen atoms in total. The third kappa shape index (κ3) is 3.13. The van der Waals surface area contributed by atoms with Gasteiger partial charge in [0.2, 0.25) is 0 Å². The number of carbonyl (C=O) groups is 1. The Hall–Kier alpha value is -0.570. The highest BCUT2D eigenvalue weighted by Gasteiger charge is 2.52. The molecular weight excluding hydrogens is 238 g/mol. The molecular formula is C16H29NO2. The molecule has 3 heteroatoms. The molecule has 1 N–H and O–H groups in total. The van der Waals surface area contributed by atoms with E-state index in [-0.39, 0.29) is 11.0 Å². The van der Waals surface area contributed by atoms with E-state index in [1.165, 1.54) is 25.7 Å². The quantitative estimate of drug-likeness (QED) is 0.850. The Morgan fingerprint density at radius 2 is 1.79 bits per heavy atom. The van der Waals surface area contributed by atoms with Gasteiger partial charge in [0.1, 0.15) is 0 Å². The number of hydrogen-bond donors (Lipinski definition) is 1. The highest BCUT2D eigenvalue weighted by molar-refractivity contribution is 5.68. The maximum atomic E-state index is 11.4. The Morgan fingerprint density at radius 1 is 1.21 bits per heavy atom. The van der Waals surface area contributed by atoms with E-state index < -0.39 is 5.97 Å². The zero-order valence-corrected chi connectivity index (χ0v) is 12.7. The minimum Gasteiger partial charge on any atom is -0.481 e. The maximum Gasteiger partial charge on any atom is 0.305 e. The van der Waals surface area contributed by atoms with E-state index in [1.807, 2.05) is 0 Å². The van der Waals surface area contributed by atoms with Crippen molar-refractivity contribution in [3.8, 4) is 0 Å². The Bertz CT molecular complexity index is 332. The fraction of sp³-hybridized carbons (Fsp3) is 0.938. The Kier molecular flexibility index (Phi) is 4.24. The summed E-state index contributed by atoms with van der Waals surface area (Å²) in [4.78, 5) is 14.0. The highest BCUT2D eigenvalue weighted by Crippen LogP contribution is 2.52. The predicted molar refractivity (Wildman–Crippen MR) is 77.2 cm³/mol. The Morgan fingerprint density at radius 3 is 2.21 bits per heavy atom. The molecule has 1 heterocycles.